The van der Waals surface area contributed by atoms with E-state index in [9.17, 15) is 9.59 Å². The molecule has 0 atom stereocenters. The number of thioether (sulfide) groups is 1. The van der Waals surface area contributed by atoms with Gasteiger partial charge in [-0.2, -0.15) is 0 Å². The number of hydrogen-bond donors (Lipinski definition) is 2. The molecule has 1 aromatic heterocycles. The first kappa shape index (κ1) is 15.4. The maximum Gasteiger partial charge on any atom is 0.413 e. The molecule has 1 rings (SSSR count). The lowest BCUT2D eigenvalue weighted by molar-refractivity contribution is -0.117. The van der Waals surface area contributed by atoms with E-state index in [-0.39, 0.29) is 18.9 Å². The highest BCUT2D eigenvalue weighted by Crippen LogP contribution is 2.16. The lowest BCUT2D eigenvalue weighted by atomic mass is 10.6. The van der Waals surface area contributed by atoms with Crippen molar-refractivity contribution in [3.05, 3.63) is 5.82 Å². The van der Waals surface area contributed by atoms with Crippen LogP contribution < -0.4 is 11.1 Å². The predicted octanol–water partition coefficient (Wildman–Crippen LogP) is 0.121. The fraction of sp³-hybridized carbons (Fsp3) is 0.600. The van der Waals surface area contributed by atoms with E-state index in [0.29, 0.717) is 17.5 Å². The van der Waals surface area contributed by atoms with Crippen molar-refractivity contribution in [1.29, 1.82) is 0 Å². The van der Waals surface area contributed by atoms with Crippen molar-refractivity contribution in [2.45, 2.75) is 32.1 Å². The minimum Gasteiger partial charge on any atom is -0.450 e. The zero-order valence-electron chi connectivity index (χ0n) is 10.9. The number of aromatic nitrogens is 3. The average Bonchev–Trinajstić information content (AvgIpc) is 2.78. The molecule has 3 N–H and O–H groups in total. The number of alkyl carbamates (subject to hydrolysis) is 1. The van der Waals surface area contributed by atoms with Crippen LogP contribution >= 0.6 is 11.8 Å². The van der Waals surface area contributed by atoms with E-state index in [4.69, 9.17) is 5.73 Å². The molecule has 0 saturated carbocycles. The molecule has 2 amide bonds. The van der Waals surface area contributed by atoms with Gasteiger partial charge in [0.15, 0.2) is 5.16 Å². The Bertz CT molecular complexity index is 448. The molecule has 9 heteroatoms. The van der Waals surface area contributed by atoms with E-state index in [1.165, 1.54) is 11.8 Å². The molecule has 0 aliphatic carbocycles. The van der Waals surface area contributed by atoms with Gasteiger partial charge in [-0.3, -0.25) is 10.1 Å². The van der Waals surface area contributed by atoms with Crippen LogP contribution in [0.2, 0.25) is 0 Å². The van der Waals surface area contributed by atoms with Gasteiger partial charge in [-0.1, -0.05) is 11.8 Å². The Labute approximate surface area is 115 Å². The van der Waals surface area contributed by atoms with E-state index < -0.39 is 12.0 Å². The van der Waals surface area contributed by atoms with Crippen LogP contribution in [0.25, 0.3) is 0 Å². The third-order valence-electron chi connectivity index (χ3n) is 2.14. The Morgan fingerprint density at radius 1 is 1.42 bits per heavy atom. The average molecular weight is 287 g/mol. The summed E-state index contributed by atoms with van der Waals surface area (Å²) in [6.45, 7) is 4.77. The first-order valence-electron chi connectivity index (χ1n) is 5.83. The quantitative estimate of drug-likeness (QED) is 0.715. The lowest BCUT2D eigenvalue weighted by Gasteiger charge is -2.06. The highest BCUT2D eigenvalue weighted by molar-refractivity contribution is 7.99. The standard InChI is InChI=1S/C10H17N5O3S/c1-3-15-7(5-11)13-14-9(15)19-6-8(16)12-10(17)18-4-2/h3-6,11H2,1-2H3,(H,12,16,17). The molecule has 0 unspecified atom stereocenters. The molecule has 8 nitrogen and oxygen atoms in total. The van der Waals surface area contributed by atoms with Crippen LogP contribution in [0.4, 0.5) is 4.79 Å². The summed E-state index contributed by atoms with van der Waals surface area (Å²) >= 11 is 1.19. The van der Waals surface area contributed by atoms with Crippen molar-refractivity contribution in [2.24, 2.45) is 5.73 Å². The van der Waals surface area contributed by atoms with E-state index in [1.807, 2.05) is 11.5 Å². The zero-order valence-corrected chi connectivity index (χ0v) is 11.7. The van der Waals surface area contributed by atoms with E-state index >= 15 is 0 Å². The highest BCUT2D eigenvalue weighted by atomic mass is 32.2. The summed E-state index contributed by atoms with van der Waals surface area (Å²) in [5, 5.41) is 10.6. The third kappa shape index (κ3) is 4.52. The van der Waals surface area contributed by atoms with Crippen LogP contribution in [-0.2, 0) is 22.6 Å². The Morgan fingerprint density at radius 2 is 2.16 bits per heavy atom. The van der Waals surface area contributed by atoms with Gasteiger partial charge in [0.05, 0.1) is 18.9 Å². The molecule has 1 aromatic rings. The lowest BCUT2D eigenvalue weighted by Crippen LogP contribution is -2.32. The second-order valence-corrected chi connectivity index (χ2v) is 4.35. The van der Waals surface area contributed by atoms with E-state index in [2.05, 4.69) is 20.3 Å². The fourth-order valence-corrected chi connectivity index (χ4v) is 2.16. The first-order chi connectivity index (χ1) is 9.12. The van der Waals surface area contributed by atoms with Crippen LogP contribution in [-0.4, -0.2) is 39.1 Å². The normalized spacial score (nSPS) is 10.3. The Balaban J connectivity index is 2.50. The number of nitrogens with one attached hydrogen (secondary N) is 1. The highest BCUT2D eigenvalue weighted by Gasteiger charge is 2.13. The molecule has 106 valence electrons. The number of nitrogens with zero attached hydrogens (tertiary/aromatic N) is 3. The Hall–Kier alpha value is -1.61. The maximum absolute atomic E-state index is 11.5. The van der Waals surface area contributed by atoms with Gasteiger partial charge in [-0.25, -0.2) is 4.79 Å². The van der Waals surface area contributed by atoms with Crippen LogP contribution in [0.1, 0.15) is 19.7 Å². The molecule has 0 bridgehead atoms. The number of hydrogen-bond acceptors (Lipinski definition) is 7. The molecule has 0 spiro atoms. The number of imide groups is 1. The Morgan fingerprint density at radius 3 is 2.74 bits per heavy atom. The van der Waals surface area contributed by atoms with Crippen molar-refractivity contribution in [1.82, 2.24) is 20.1 Å². The second-order valence-electron chi connectivity index (χ2n) is 3.40. The number of nitrogens with two attached hydrogens (primary N) is 1. The minimum atomic E-state index is -0.743. The summed E-state index contributed by atoms with van der Waals surface area (Å²) in [6, 6.07) is 0. The first-order valence-corrected chi connectivity index (χ1v) is 6.82. The Kier molecular flexibility index (Phi) is 6.30. The van der Waals surface area contributed by atoms with Crippen LogP contribution in [0, 0.1) is 0 Å². The van der Waals surface area contributed by atoms with Gasteiger partial charge in [-0.15, -0.1) is 10.2 Å². The summed E-state index contributed by atoms with van der Waals surface area (Å²) in [6.07, 6.45) is -0.743. The molecule has 0 aliphatic heterocycles. The van der Waals surface area contributed by atoms with Gasteiger partial charge >= 0.3 is 6.09 Å². The van der Waals surface area contributed by atoms with Crippen molar-refractivity contribution in [2.75, 3.05) is 12.4 Å². The number of carbonyl (C=O) groups excluding carboxylic acids is 2. The molecule has 0 saturated heterocycles. The summed E-state index contributed by atoms with van der Waals surface area (Å²) in [5.74, 6) is 0.279. The smallest absolute Gasteiger partial charge is 0.413 e. The molecule has 0 aromatic carbocycles. The van der Waals surface area contributed by atoms with Gasteiger partial charge in [0.2, 0.25) is 5.91 Å². The predicted molar refractivity (Wildman–Crippen MR) is 69.5 cm³/mol. The van der Waals surface area contributed by atoms with Crippen LogP contribution in [0.15, 0.2) is 5.16 Å². The zero-order chi connectivity index (χ0) is 14.3. The van der Waals surface area contributed by atoms with E-state index in [0.717, 1.165) is 0 Å². The van der Waals surface area contributed by atoms with Crippen molar-refractivity contribution >= 4 is 23.8 Å². The molecule has 1 heterocycles. The van der Waals surface area contributed by atoms with Gasteiger partial charge < -0.3 is 15.0 Å². The van der Waals surface area contributed by atoms with Gasteiger partial charge in [0, 0.05) is 6.54 Å². The summed E-state index contributed by atoms with van der Waals surface area (Å²) in [5.41, 5.74) is 5.52. The van der Waals surface area contributed by atoms with E-state index in [1.54, 1.807) is 6.92 Å². The minimum absolute atomic E-state index is 0.0571. The van der Waals surface area contributed by atoms with Gasteiger partial charge in [-0.05, 0) is 13.8 Å². The van der Waals surface area contributed by atoms with Gasteiger partial charge in [0.1, 0.15) is 5.82 Å². The van der Waals surface area contributed by atoms with Crippen molar-refractivity contribution < 1.29 is 14.3 Å². The summed E-state index contributed by atoms with van der Waals surface area (Å²) in [4.78, 5) is 22.5. The third-order valence-corrected chi connectivity index (χ3v) is 3.11. The molecular weight excluding hydrogens is 270 g/mol. The molecule has 0 radical (unpaired) electrons. The van der Waals surface area contributed by atoms with Crippen LogP contribution in [0.3, 0.4) is 0 Å². The molecule has 0 aliphatic rings. The van der Waals surface area contributed by atoms with Gasteiger partial charge in [0.25, 0.3) is 0 Å². The number of amides is 2. The topological polar surface area (TPSA) is 112 Å². The molecular formula is C10H17N5O3S. The van der Waals surface area contributed by atoms with Crippen molar-refractivity contribution in [3.8, 4) is 0 Å². The van der Waals surface area contributed by atoms with Crippen LogP contribution in [0.5, 0.6) is 0 Å². The molecule has 0 fully saturated rings. The SMILES string of the molecule is CCOC(=O)NC(=O)CSc1nnc(CN)n1CC. The number of ether oxygens (including phenoxy) is 1. The monoisotopic (exact) mass is 287 g/mol. The summed E-state index contributed by atoms with van der Waals surface area (Å²) < 4.78 is 6.42. The fourth-order valence-electron chi connectivity index (χ4n) is 1.34. The number of carbonyl (C=O) groups is 2. The number of rotatable bonds is 6. The van der Waals surface area contributed by atoms with Crippen molar-refractivity contribution in [3.63, 3.8) is 0 Å². The largest absolute Gasteiger partial charge is 0.450 e. The second kappa shape index (κ2) is 7.74. The maximum atomic E-state index is 11.5. The molecule has 19 heavy (non-hydrogen) atoms. The summed E-state index contributed by atoms with van der Waals surface area (Å²) in [7, 11) is 0.